The van der Waals surface area contributed by atoms with Crippen LogP contribution in [0.1, 0.15) is 37.8 Å². The molecule has 5 nitrogen and oxygen atoms in total. The summed E-state index contributed by atoms with van der Waals surface area (Å²) in [6.07, 6.45) is 0. The van der Waals surface area contributed by atoms with Gasteiger partial charge in [-0.25, -0.2) is 9.18 Å². The van der Waals surface area contributed by atoms with Gasteiger partial charge in [0.1, 0.15) is 11.9 Å². The zero-order valence-electron chi connectivity index (χ0n) is 16.6. The van der Waals surface area contributed by atoms with Crippen molar-refractivity contribution in [2.45, 2.75) is 45.2 Å². The Labute approximate surface area is 164 Å². The molecule has 28 heavy (non-hydrogen) atoms. The smallest absolute Gasteiger partial charge is 0.319 e. The zero-order valence-corrected chi connectivity index (χ0v) is 16.6. The van der Waals surface area contributed by atoms with Crippen LogP contribution in [0.4, 0.5) is 14.9 Å². The lowest BCUT2D eigenvalue weighted by Crippen LogP contribution is -2.49. The number of benzene rings is 2. The Bertz CT molecular complexity index is 857. The first-order valence-electron chi connectivity index (χ1n) is 9.36. The van der Waals surface area contributed by atoms with Gasteiger partial charge in [0.15, 0.2) is 0 Å². The number of carbonyl (C=O) groups is 2. The second kappa shape index (κ2) is 7.62. The third-order valence-electron chi connectivity index (χ3n) is 5.02. The number of likely N-dealkylation sites (tertiary alicyclic amines) is 1. The van der Waals surface area contributed by atoms with Crippen LogP contribution in [-0.4, -0.2) is 35.0 Å². The van der Waals surface area contributed by atoms with Crippen molar-refractivity contribution in [2.75, 3.05) is 11.9 Å². The highest BCUT2D eigenvalue weighted by Gasteiger charge is 2.45. The molecule has 6 heteroatoms. The van der Waals surface area contributed by atoms with Crippen LogP contribution in [0.2, 0.25) is 0 Å². The maximum absolute atomic E-state index is 13.1. The molecule has 0 bridgehead atoms. The fourth-order valence-electron chi connectivity index (χ4n) is 3.45. The van der Waals surface area contributed by atoms with E-state index < -0.39 is 12.1 Å². The zero-order chi connectivity index (χ0) is 20.5. The summed E-state index contributed by atoms with van der Waals surface area (Å²) in [5, 5.41) is 5.49. The Balaban J connectivity index is 1.81. The van der Waals surface area contributed by atoms with Crippen LogP contribution in [-0.2, 0) is 4.79 Å². The monoisotopic (exact) mass is 383 g/mol. The molecule has 2 atom stereocenters. The number of anilines is 1. The second-order valence-corrected chi connectivity index (χ2v) is 8.22. The molecule has 2 aromatic carbocycles. The normalized spacial score (nSPS) is 19.6. The maximum Gasteiger partial charge on any atom is 0.319 e. The Morgan fingerprint density at radius 1 is 1.07 bits per heavy atom. The molecular formula is C22H26FN3O2. The van der Waals surface area contributed by atoms with Gasteiger partial charge in [-0.3, -0.25) is 4.79 Å². The SMILES string of the molecule is Cc1ccc([C@@H]2CN(C(C)(C)C)C(=O)[C@H]2NC(=O)Nc2ccc(F)cc2)cc1. The summed E-state index contributed by atoms with van der Waals surface area (Å²) >= 11 is 0. The minimum Gasteiger partial charge on any atom is -0.335 e. The van der Waals surface area contributed by atoms with Gasteiger partial charge in [-0.1, -0.05) is 29.8 Å². The molecule has 1 saturated heterocycles. The third-order valence-corrected chi connectivity index (χ3v) is 5.02. The molecule has 3 rings (SSSR count). The van der Waals surface area contributed by atoms with Crippen molar-refractivity contribution < 1.29 is 14.0 Å². The number of rotatable bonds is 3. The average Bonchev–Trinajstić information content (AvgIpc) is 2.94. The van der Waals surface area contributed by atoms with Crippen molar-refractivity contribution in [2.24, 2.45) is 0 Å². The van der Waals surface area contributed by atoms with Crippen LogP contribution in [0.5, 0.6) is 0 Å². The molecule has 3 amide bonds. The standard InChI is InChI=1S/C22H26FN3O2/c1-14-5-7-15(8-6-14)18-13-26(22(2,3)4)20(27)19(18)25-21(28)24-17-11-9-16(23)10-12-17/h5-12,18-19H,13H2,1-4H3,(H2,24,25,28)/t18-,19-/m0/s1. The Morgan fingerprint density at radius 2 is 1.68 bits per heavy atom. The van der Waals surface area contributed by atoms with E-state index in [1.54, 1.807) is 4.90 Å². The molecule has 1 aliphatic heterocycles. The van der Waals surface area contributed by atoms with Gasteiger partial charge < -0.3 is 15.5 Å². The van der Waals surface area contributed by atoms with Gasteiger partial charge >= 0.3 is 6.03 Å². The van der Waals surface area contributed by atoms with E-state index in [1.165, 1.54) is 24.3 Å². The molecule has 0 saturated carbocycles. The van der Waals surface area contributed by atoms with Crippen molar-refractivity contribution in [3.63, 3.8) is 0 Å². The summed E-state index contributed by atoms with van der Waals surface area (Å²) in [5.74, 6) is -0.629. The van der Waals surface area contributed by atoms with Gasteiger partial charge in [0.05, 0.1) is 0 Å². The van der Waals surface area contributed by atoms with E-state index in [0.717, 1.165) is 11.1 Å². The lowest BCUT2D eigenvalue weighted by molar-refractivity contribution is -0.133. The van der Waals surface area contributed by atoms with E-state index in [9.17, 15) is 14.0 Å². The van der Waals surface area contributed by atoms with Gasteiger partial charge in [-0.2, -0.15) is 0 Å². The van der Waals surface area contributed by atoms with Crippen molar-refractivity contribution in [3.8, 4) is 0 Å². The molecule has 0 spiro atoms. The molecule has 0 aliphatic carbocycles. The summed E-state index contributed by atoms with van der Waals surface area (Å²) in [7, 11) is 0. The van der Waals surface area contributed by atoms with Crippen LogP contribution in [0.25, 0.3) is 0 Å². The van der Waals surface area contributed by atoms with Crippen molar-refractivity contribution in [1.29, 1.82) is 0 Å². The first-order valence-corrected chi connectivity index (χ1v) is 9.36. The quantitative estimate of drug-likeness (QED) is 0.840. The number of urea groups is 1. The Hall–Kier alpha value is -2.89. The van der Waals surface area contributed by atoms with Gasteiger partial charge in [0.25, 0.3) is 0 Å². The fraction of sp³-hybridized carbons (Fsp3) is 0.364. The van der Waals surface area contributed by atoms with Gasteiger partial charge in [-0.05, 0) is 57.5 Å². The Morgan fingerprint density at radius 3 is 2.25 bits per heavy atom. The van der Waals surface area contributed by atoms with Gasteiger partial charge in [-0.15, -0.1) is 0 Å². The number of hydrogen-bond donors (Lipinski definition) is 2. The lowest BCUT2D eigenvalue weighted by Gasteiger charge is -2.32. The van der Waals surface area contributed by atoms with Gasteiger partial charge in [0.2, 0.25) is 5.91 Å². The van der Waals surface area contributed by atoms with Crippen LogP contribution in [0, 0.1) is 12.7 Å². The van der Waals surface area contributed by atoms with E-state index in [-0.39, 0.29) is 23.2 Å². The van der Waals surface area contributed by atoms with E-state index in [0.29, 0.717) is 12.2 Å². The molecule has 148 valence electrons. The van der Waals surface area contributed by atoms with E-state index in [4.69, 9.17) is 0 Å². The number of carbonyl (C=O) groups excluding carboxylic acids is 2. The Kier molecular flexibility index (Phi) is 5.40. The van der Waals surface area contributed by atoms with Crippen molar-refractivity contribution in [3.05, 3.63) is 65.5 Å². The van der Waals surface area contributed by atoms with Crippen LogP contribution in [0.15, 0.2) is 48.5 Å². The number of nitrogens with one attached hydrogen (secondary N) is 2. The van der Waals surface area contributed by atoms with E-state index >= 15 is 0 Å². The number of aryl methyl sites for hydroxylation is 1. The summed E-state index contributed by atoms with van der Waals surface area (Å²) < 4.78 is 13.0. The highest BCUT2D eigenvalue weighted by Crippen LogP contribution is 2.33. The predicted octanol–water partition coefficient (Wildman–Crippen LogP) is 4.05. The van der Waals surface area contributed by atoms with E-state index in [1.807, 2.05) is 52.0 Å². The summed E-state index contributed by atoms with van der Waals surface area (Å²) in [6, 6.07) is 12.4. The average molecular weight is 383 g/mol. The number of hydrogen-bond acceptors (Lipinski definition) is 2. The molecule has 2 aromatic rings. The molecule has 1 heterocycles. The molecule has 2 N–H and O–H groups in total. The molecule has 0 aromatic heterocycles. The van der Waals surface area contributed by atoms with Crippen LogP contribution < -0.4 is 10.6 Å². The highest BCUT2D eigenvalue weighted by atomic mass is 19.1. The molecule has 1 fully saturated rings. The maximum atomic E-state index is 13.1. The number of amides is 3. The minimum absolute atomic E-state index is 0.104. The topological polar surface area (TPSA) is 61.4 Å². The van der Waals surface area contributed by atoms with Crippen molar-refractivity contribution in [1.82, 2.24) is 10.2 Å². The second-order valence-electron chi connectivity index (χ2n) is 8.22. The number of nitrogens with zero attached hydrogens (tertiary/aromatic N) is 1. The third kappa shape index (κ3) is 4.32. The molecule has 0 radical (unpaired) electrons. The fourth-order valence-corrected chi connectivity index (χ4v) is 3.45. The predicted molar refractivity (Wildman–Crippen MR) is 108 cm³/mol. The summed E-state index contributed by atoms with van der Waals surface area (Å²) in [4.78, 5) is 27.4. The molecule has 1 aliphatic rings. The molecular weight excluding hydrogens is 357 g/mol. The van der Waals surface area contributed by atoms with Crippen molar-refractivity contribution >= 4 is 17.6 Å². The van der Waals surface area contributed by atoms with Gasteiger partial charge in [0, 0.05) is 23.7 Å². The molecule has 0 unspecified atom stereocenters. The first-order chi connectivity index (χ1) is 13.1. The van der Waals surface area contributed by atoms with Crippen LogP contribution >= 0.6 is 0 Å². The lowest BCUT2D eigenvalue weighted by atomic mass is 9.93. The minimum atomic E-state index is -0.664. The van der Waals surface area contributed by atoms with Crippen LogP contribution in [0.3, 0.4) is 0 Å². The number of halogens is 1. The van der Waals surface area contributed by atoms with E-state index in [2.05, 4.69) is 10.6 Å². The summed E-state index contributed by atoms with van der Waals surface area (Å²) in [6.45, 7) is 8.50. The highest BCUT2D eigenvalue weighted by molar-refractivity contribution is 5.95. The largest absolute Gasteiger partial charge is 0.335 e. The first kappa shape index (κ1) is 19.9. The summed E-state index contributed by atoms with van der Waals surface area (Å²) in [5.41, 5.74) is 2.27.